The minimum absolute atomic E-state index is 0.274. The number of nitrogens with zero attached hydrogens (tertiary/aromatic N) is 1. The van der Waals surface area contributed by atoms with Crippen LogP contribution in [0.3, 0.4) is 0 Å². The number of hydrogen-bond donors (Lipinski definition) is 1. The summed E-state index contributed by atoms with van der Waals surface area (Å²) >= 11 is 0. The molecule has 2 aliphatic rings. The molecule has 2 fully saturated rings. The number of phenols is 1. The molecule has 2 atom stereocenters. The molecule has 0 aromatic heterocycles. The van der Waals surface area contributed by atoms with Crippen molar-refractivity contribution in [1.82, 2.24) is 4.90 Å². The minimum Gasteiger partial charge on any atom is -0.508 e. The van der Waals surface area contributed by atoms with Crippen molar-refractivity contribution < 1.29 is 5.11 Å². The monoisotopic (exact) mass is 259 g/mol. The summed E-state index contributed by atoms with van der Waals surface area (Å²) in [4.78, 5) is 2.48. The Morgan fingerprint density at radius 1 is 1.16 bits per heavy atom. The summed E-state index contributed by atoms with van der Waals surface area (Å²) in [6.07, 6.45) is 6.50. The van der Waals surface area contributed by atoms with E-state index < -0.39 is 0 Å². The quantitative estimate of drug-likeness (QED) is 0.833. The second-order valence-electron chi connectivity index (χ2n) is 6.89. The van der Waals surface area contributed by atoms with Crippen LogP contribution in [0.2, 0.25) is 0 Å². The van der Waals surface area contributed by atoms with E-state index in [1.54, 1.807) is 6.07 Å². The molecule has 1 aromatic rings. The summed E-state index contributed by atoms with van der Waals surface area (Å²) in [5, 5.41) is 9.86. The molecule has 19 heavy (non-hydrogen) atoms. The van der Waals surface area contributed by atoms with Crippen LogP contribution in [0, 0.1) is 5.41 Å². The van der Waals surface area contributed by atoms with Crippen LogP contribution < -0.4 is 0 Å². The van der Waals surface area contributed by atoms with Gasteiger partial charge in [0.05, 0.1) is 0 Å². The fourth-order valence-electron chi connectivity index (χ4n) is 4.64. The van der Waals surface area contributed by atoms with Crippen LogP contribution in [0.4, 0.5) is 0 Å². The molecule has 2 nitrogen and oxygen atoms in total. The average Bonchev–Trinajstić information content (AvgIpc) is 2.37. The fraction of sp³-hybridized carbons (Fsp3) is 0.647. The van der Waals surface area contributed by atoms with E-state index in [1.807, 2.05) is 12.1 Å². The van der Waals surface area contributed by atoms with E-state index >= 15 is 0 Å². The van der Waals surface area contributed by atoms with Gasteiger partial charge in [-0.05, 0) is 56.0 Å². The molecule has 1 saturated heterocycles. The number of phenolic OH excluding ortho intramolecular Hbond substituents is 1. The lowest BCUT2D eigenvalue weighted by molar-refractivity contribution is -0.0115. The van der Waals surface area contributed by atoms with Gasteiger partial charge in [0.1, 0.15) is 5.75 Å². The van der Waals surface area contributed by atoms with Crippen molar-refractivity contribution in [1.29, 1.82) is 0 Å². The number of fused-ring (bicyclic) bond motifs is 1. The van der Waals surface area contributed by atoms with Gasteiger partial charge in [-0.1, -0.05) is 31.9 Å². The van der Waals surface area contributed by atoms with Crippen molar-refractivity contribution in [2.45, 2.75) is 44.4 Å². The van der Waals surface area contributed by atoms with Crippen molar-refractivity contribution in [3.8, 4) is 5.75 Å². The molecule has 0 unspecified atom stereocenters. The number of benzene rings is 1. The summed E-state index contributed by atoms with van der Waals surface area (Å²) in [6.45, 7) is 4.82. The Balaban J connectivity index is 2.07. The molecular formula is C17H25NO. The topological polar surface area (TPSA) is 23.5 Å². The molecule has 0 radical (unpaired) electrons. The third kappa shape index (κ3) is 1.97. The molecule has 1 aliphatic heterocycles. The van der Waals surface area contributed by atoms with Gasteiger partial charge in [0, 0.05) is 12.0 Å². The average molecular weight is 259 g/mol. The Morgan fingerprint density at radius 3 is 2.74 bits per heavy atom. The zero-order valence-corrected chi connectivity index (χ0v) is 12.2. The number of likely N-dealkylation sites (tertiary alicyclic amines) is 1. The third-order valence-corrected chi connectivity index (χ3v) is 5.68. The molecule has 104 valence electrons. The van der Waals surface area contributed by atoms with Crippen LogP contribution in [0.15, 0.2) is 24.3 Å². The molecule has 1 N–H and O–H groups in total. The van der Waals surface area contributed by atoms with E-state index in [0.29, 0.717) is 11.2 Å². The molecule has 1 aliphatic carbocycles. The maximum absolute atomic E-state index is 9.86. The van der Waals surface area contributed by atoms with Crippen LogP contribution >= 0.6 is 0 Å². The van der Waals surface area contributed by atoms with Crippen LogP contribution in [-0.2, 0) is 5.41 Å². The maximum Gasteiger partial charge on any atom is 0.115 e. The van der Waals surface area contributed by atoms with Crippen molar-refractivity contribution in [3.05, 3.63) is 29.8 Å². The van der Waals surface area contributed by atoms with Crippen molar-refractivity contribution in [2.75, 3.05) is 20.1 Å². The van der Waals surface area contributed by atoms with E-state index in [0.717, 1.165) is 0 Å². The van der Waals surface area contributed by atoms with E-state index in [1.165, 1.54) is 50.8 Å². The molecule has 1 aromatic carbocycles. The predicted molar refractivity (Wildman–Crippen MR) is 78.5 cm³/mol. The van der Waals surface area contributed by atoms with E-state index in [-0.39, 0.29) is 5.41 Å². The number of rotatable bonds is 1. The van der Waals surface area contributed by atoms with Gasteiger partial charge in [-0.2, -0.15) is 0 Å². The number of piperidine rings is 1. The smallest absolute Gasteiger partial charge is 0.115 e. The highest BCUT2D eigenvalue weighted by Gasteiger charge is 2.52. The molecule has 2 heteroatoms. The molecule has 1 heterocycles. The summed E-state index contributed by atoms with van der Waals surface area (Å²) in [6, 6.07) is 8.03. The SMILES string of the molecule is CN1CC[C@@]2(c3cccc(O)c3)CCCC[C@@]2(C)C1. The summed E-state index contributed by atoms with van der Waals surface area (Å²) in [5.74, 6) is 0.415. The van der Waals surface area contributed by atoms with Gasteiger partial charge in [-0.3, -0.25) is 0 Å². The van der Waals surface area contributed by atoms with Gasteiger partial charge >= 0.3 is 0 Å². The molecule has 0 bridgehead atoms. The van der Waals surface area contributed by atoms with Crippen LogP contribution in [0.5, 0.6) is 5.75 Å². The Bertz CT molecular complexity index is 472. The van der Waals surface area contributed by atoms with Crippen LogP contribution in [-0.4, -0.2) is 30.1 Å². The van der Waals surface area contributed by atoms with Gasteiger partial charge in [0.15, 0.2) is 0 Å². The highest BCUT2D eigenvalue weighted by Crippen LogP contribution is 2.56. The lowest BCUT2D eigenvalue weighted by Crippen LogP contribution is -2.57. The van der Waals surface area contributed by atoms with Gasteiger partial charge in [0.2, 0.25) is 0 Å². The van der Waals surface area contributed by atoms with Gasteiger partial charge in [0.25, 0.3) is 0 Å². The Morgan fingerprint density at radius 2 is 1.95 bits per heavy atom. The number of hydrogen-bond acceptors (Lipinski definition) is 2. The van der Waals surface area contributed by atoms with E-state index in [2.05, 4.69) is 24.9 Å². The van der Waals surface area contributed by atoms with Crippen LogP contribution in [0.1, 0.15) is 44.6 Å². The number of aromatic hydroxyl groups is 1. The second kappa shape index (κ2) is 4.52. The Labute approximate surface area is 116 Å². The molecule has 0 spiro atoms. The predicted octanol–water partition coefficient (Wildman–Crippen LogP) is 3.55. The van der Waals surface area contributed by atoms with Crippen molar-refractivity contribution >= 4 is 0 Å². The largest absolute Gasteiger partial charge is 0.508 e. The van der Waals surface area contributed by atoms with E-state index in [4.69, 9.17) is 0 Å². The lowest BCUT2D eigenvalue weighted by atomic mass is 9.51. The van der Waals surface area contributed by atoms with Gasteiger partial charge in [-0.15, -0.1) is 0 Å². The summed E-state index contributed by atoms with van der Waals surface area (Å²) in [7, 11) is 2.24. The zero-order chi connectivity index (χ0) is 13.5. The van der Waals surface area contributed by atoms with Crippen LogP contribution in [0.25, 0.3) is 0 Å². The highest BCUT2D eigenvalue weighted by molar-refractivity contribution is 5.36. The molecule has 1 saturated carbocycles. The lowest BCUT2D eigenvalue weighted by Gasteiger charge is -2.57. The standard InChI is InChI=1S/C17H25NO/c1-16-8-3-4-9-17(16,10-11-18(2)13-16)14-6-5-7-15(19)12-14/h5-7,12,19H,3-4,8-11,13H2,1-2H3/t16-,17+/m0/s1. The highest BCUT2D eigenvalue weighted by atomic mass is 16.3. The first-order chi connectivity index (χ1) is 9.06. The Hall–Kier alpha value is -1.02. The molecule has 3 rings (SSSR count). The zero-order valence-electron chi connectivity index (χ0n) is 12.2. The third-order valence-electron chi connectivity index (χ3n) is 5.68. The fourth-order valence-corrected chi connectivity index (χ4v) is 4.64. The summed E-state index contributed by atoms with van der Waals surface area (Å²) < 4.78 is 0. The second-order valence-corrected chi connectivity index (χ2v) is 6.89. The normalized spacial score (nSPS) is 35.9. The molecular weight excluding hydrogens is 234 g/mol. The van der Waals surface area contributed by atoms with Crippen molar-refractivity contribution in [2.24, 2.45) is 5.41 Å². The maximum atomic E-state index is 9.86. The minimum atomic E-state index is 0.274. The first-order valence-electron chi connectivity index (χ1n) is 7.54. The Kier molecular flexibility index (Phi) is 3.09. The van der Waals surface area contributed by atoms with Gasteiger partial charge < -0.3 is 10.0 Å². The van der Waals surface area contributed by atoms with E-state index in [9.17, 15) is 5.11 Å². The first kappa shape index (κ1) is 13.0. The molecule has 0 amide bonds. The van der Waals surface area contributed by atoms with Gasteiger partial charge in [-0.25, -0.2) is 0 Å². The first-order valence-corrected chi connectivity index (χ1v) is 7.54. The van der Waals surface area contributed by atoms with Crippen molar-refractivity contribution in [3.63, 3.8) is 0 Å². The summed E-state index contributed by atoms with van der Waals surface area (Å²) in [5.41, 5.74) is 1.99.